The van der Waals surface area contributed by atoms with Crippen molar-refractivity contribution in [2.24, 2.45) is 35.0 Å². The minimum absolute atomic E-state index is 0.547. The number of allylic oxidation sites excluding steroid dienone is 2. The van der Waals surface area contributed by atoms with Crippen molar-refractivity contribution in [3.8, 4) is 0 Å². The van der Waals surface area contributed by atoms with E-state index in [9.17, 15) is 4.39 Å². The van der Waals surface area contributed by atoms with Gasteiger partial charge >= 0.3 is 0 Å². The average Bonchev–Trinajstić information content (AvgIpc) is 2.74. The first-order chi connectivity index (χ1) is 9.59. The van der Waals surface area contributed by atoms with Crippen molar-refractivity contribution >= 4 is 0 Å². The maximum atomic E-state index is 13.7. The normalized spacial score (nSPS) is 54.6. The zero-order valence-corrected chi connectivity index (χ0v) is 13.1. The zero-order chi connectivity index (χ0) is 13.9. The van der Waals surface area contributed by atoms with Crippen LogP contribution in [0.25, 0.3) is 0 Å². The Balaban J connectivity index is 1.62. The summed E-state index contributed by atoms with van der Waals surface area (Å²) in [6, 6.07) is 0. The largest absolute Gasteiger partial charge is 0.247 e. The van der Waals surface area contributed by atoms with Crippen LogP contribution in [0.1, 0.15) is 65.2 Å². The molecule has 0 bridgehead atoms. The Morgan fingerprint density at radius 2 is 1.95 bits per heavy atom. The molecule has 0 aromatic rings. The fraction of sp³-hybridized carbons (Fsp3) is 0.895. The monoisotopic (exact) mass is 276 g/mol. The lowest BCUT2D eigenvalue weighted by molar-refractivity contribution is -0.0114. The SMILES string of the molecule is CC1CCC2C3CC=C4CC(F)CCC4C3CCC12C. The van der Waals surface area contributed by atoms with E-state index in [4.69, 9.17) is 0 Å². The standard InChI is InChI=1S/C19H29F/c1-12-3-8-18-17-6-4-13-11-14(20)5-7-15(13)16(17)9-10-19(12,18)2/h4,12,14-18H,3,5-11H2,1-2H3. The molecule has 0 heterocycles. The summed E-state index contributed by atoms with van der Waals surface area (Å²) in [4.78, 5) is 0. The van der Waals surface area contributed by atoms with Crippen LogP contribution in [0.4, 0.5) is 4.39 Å². The third kappa shape index (κ3) is 1.77. The van der Waals surface area contributed by atoms with Gasteiger partial charge in [0.2, 0.25) is 0 Å². The van der Waals surface area contributed by atoms with Crippen molar-refractivity contribution < 1.29 is 4.39 Å². The summed E-state index contributed by atoms with van der Waals surface area (Å²) in [6.07, 6.45) is 11.6. The molecule has 0 aromatic heterocycles. The topological polar surface area (TPSA) is 0 Å². The minimum atomic E-state index is -0.547. The molecule has 0 nitrogen and oxygen atoms in total. The first kappa shape index (κ1) is 13.3. The summed E-state index contributed by atoms with van der Waals surface area (Å²) in [5.41, 5.74) is 2.11. The molecule has 0 radical (unpaired) electrons. The van der Waals surface area contributed by atoms with E-state index in [0.29, 0.717) is 5.41 Å². The van der Waals surface area contributed by atoms with Crippen molar-refractivity contribution in [2.75, 3.05) is 0 Å². The van der Waals surface area contributed by atoms with Crippen LogP contribution >= 0.6 is 0 Å². The fourth-order valence-corrected chi connectivity index (χ4v) is 6.48. The van der Waals surface area contributed by atoms with Gasteiger partial charge in [-0.3, -0.25) is 0 Å². The lowest BCUT2D eigenvalue weighted by Gasteiger charge is -2.53. The van der Waals surface area contributed by atoms with Crippen LogP contribution in [0.15, 0.2) is 11.6 Å². The van der Waals surface area contributed by atoms with Gasteiger partial charge in [0.15, 0.2) is 0 Å². The molecule has 4 aliphatic rings. The highest BCUT2D eigenvalue weighted by molar-refractivity contribution is 5.19. The molecule has 20 heavy (non-hydrogen) atoms. The van der Waals surface area contributed by atoms with Crippen molar-refractivity contribution in [2.45, 2.75) is 71.4 Å². The number of hydrogen-bond donors (Lipinski definition) is 0. The van der Waals surface area contributed by atoms with Gasteiger partial charge in [0, 0.05) is 0 Å². The number of rotatable bonds is 0. The van der Waals surface area contributed by atoms with E-state index in [0.717, 1.165) is 48.9 Å². The third-order valence-corrected chi connectivity index (χ3v) is 7.86. The predicted molar refractivity (Wildman–Crippen MR) is 81.1 cm³/mol. The molecule has 0 aliphatic heterocycles. The van der Waals surface area contributed by atoms with Gasteiger partial charge in [0.05, 0.1) is 0 Å². The van der Waals surface area contributed by atoms with E-state index in [2.05, 4.69) is 19.9 Å². The summed E-state index contributed by atoms with van der Waals surface area (Å²) in [6.45, 7) is 5.06. The summed E-state index contributed by atoms with van der Waals surface area (Å²) >= 11 is 0. The lowest BCUT2D eigenvalue weighted by Crippen LogP contribution is -2.45. The van der Waals surface area contributed by atoms with Gasteiger partial charge in [-0.05, 0) is 86.4 Å². The van der Waals surface area contributed by atoms with Gasteiger partial charge in [-0.25, -0.2) is 4.39 Å². The molecule has 7 atom stereocenters. The first-order valence-corrected chi connectivity index (χ1v) is 8.92. The van der Waals surface area contributed by atoms with Gasteiger partial charge in [0.1, 0.15) is 6.17 Å². The summed E-state index contributed by atoms with van der Waals surface area (Å²) < 4.78 is 13.7. The van der Waals surface area contributed by atoms with Crippen molar-refractivity contribution in [1.82, 2.24) is 0 Å². The highest BCUT2D eigenvalue weighted by atomic mass is 19.1. The molecule has 0 aromatic carbocycles. The Morgan fingerprint density at radius 3 is 2.80 bits per heavy atom. The van der Waals surface area contributed by atoms with Crippen LogP contribution in [0.5, 0.6) is 0 Å². The fourth-order valence-electron chi connectivity index (χ4n) is 6.48. The maximum Gasteiger partial charge on any atom is 0.104 e. The number of halogens is 1. The highest BCUT2D eigenvalue weighted by Crippen LogP contribution is 2.63. The van der Waals surface area contributed by atoms with Crippen LogP contribution in [0.3, 0.4) is 0 Å². The Kier molecular flexibility index (Phi) is 3.06. The van der Waals surface area contributed by atoms with Crippen LogP contribution in [0.2, 0.25) is 0 Å². The second kappa shape index (κ2) is 4.58. The Morgan fingerprint density at radius 1 is 1.10 bits per heavy atom. The second-order valence-corrected chi connectivity index (χ2v) is 8.46. The van der Waals surface area contributed by atoms with Crippen molar-refractivity contribution in [1.29, 1.82) is 0 Å². The molecule has 1 heteroatoms. The summed E-state index contributed by atoms with van der Waals surface area (Å²) in [5.74, 6) is 4.44. The Labute approximate surface area is 123 Å². The molecule has 0 amide bonds. The summed E-state index contributed by atoms with van der Waals surface area (Å²) in [7, 11) is 0. The van der Waals surface area contributed by atoms with E-state index in [1.165, 1.54) is 37.7 Å². The summed E-state index contributed by atoms with van der Waals surface area (Å²) in [5, 5.41) is 0. The maximum absolute atomic E-state index is 13.7. The van der Waals surface area contributed by atoms with Crippen molar-refractivity contribution in [3.63, 3.8) is 0 Å². The molecular formula is C19H29F. The van der Waals surface area contributed by atoms with Gasteiger partial charge < -0.3 is 0 Å². The molecule has 3 saturated carbocycles. The van der Waals surface area contributed by atoms with Gasteiger partial charge in [-0.2, -0.15) is 0 Å². The Hall–Kier alpha value is -0.330. The molecule has 112 valence electrons. The minimum Gasteiger partial charge on any atom is -0.247 e. The van der Waals surface area contributed by atoms with Crippen LogP contribution in [-0.4, -0.2) is 6.17 Å². The van der Waals surface area contributed by atoms with E-state index in [-0.39, 0.29) is 0 Å². The predicted octanol–water partition coefficient (Wildman–Crippen LogP) is 5.53. The Bertz CT molecular complexity index is 425. The van der Waals surface area contributed by atoms with Crippen LogP contribution in [0, 0.1) is 35.0 Å². The van der Waals surface area contributed by atoms with Crippen LogP contribution < -0.4 is 0 Å². The first-order valence-electron chi connectivity index (χ1n) is 8.92. The molecule has 0 spiro atoms. The molecule has 0 N–H and O–H groups in total. The number of hydrogen-bond acceptors (Lipinski definition) is 0. The van der Waals surface area contributed by atoms with E-state index in [1.807, 2.05) is 0 Å². The highest BCUT2D eigenvalue weighted by Gasteiger charge is 2.54. The number of fused-ring (bicyclic) bond motifs is 5. The average molecular weight is 276 g/mol. The molecule has 4 aliphatic carbocycles. The molecule has 7 unspecified atom stereocenters. The smallest absolute Gasteiger partial charge is 0.104 e. The van der Waals surface area contributed by atoms with Crippen molar-refractivity contribution in [3.05, 3.63) is 11.6 Å². The van der Waals surface area contributed by atoms with E-state index < -0.39 is 6.17 Å². The molecule has 0 saturated heterocycles. The molecule has 4 rings (SSSR count). The van der Waals surface area contributed by atoms with Gasteiger partial charge in [0.25, 0.3) is 0 Å². The second-order valence-electron chi connectivity index (χ2n) is 8.46. The quantitative estimate of drug-likeness (QED) is 0.510. The molecular weight excluding hydrogens is 247 g/mol. The van der Waals surface area contributed by atoms with Gasteiger partial charge in [-0.1, -0.05) is 25.5 Å². The molecule has 3 fully saturated rings. The lowest BCUT2D eigenvalue weighted by atomic mass is 9.52. The van der Waals surface area contributed by atoms with Crippen LogP contribution in [-0.2, 0) is 0 Å². The van der Waals surface area contributed by atoms with Gasteiger partial charge in [-0.15, -0.1) is 0 Å². The number of alkyl halides is 1. The zero-order valence-electron chi connectivity index (χ0n) is 13.1. The third-order valence-electron chi connectivity index (χ3n) is 7.86. The van der Waals surface area contributed by atoms with E-state index in [1.54, 1.807) is 0 Å². The van der Waals surface area contributed by atoms with E-state index >= 15 is 0 Å².